The molecule has 1 aliphatic rings. The predicted molar refractivity (Wildman–Crippen MR) is 161 cm³/mol. The maximum absolute atomic E-state index is 11.2. The van der Waals surface area contributed by atoms with E-state index in [9.17, 15) is 4.79 Å². The fourth-order valence-corrected chi connectivity index (χ4v) is 4.73. The molecule has 0 unspecified atom stereocenters. The van der Waals surface area contributed by atoms with Gasteiger partial charge in [0.05, 0.1) is 0 Å². The summed E-state index contributed by atoms with van der Waals surface area (Å²) in [6.45, 7) is 20.0. The maximum atomic E-state index is 11.2. The van der Waals surface area contributed by atoms with Gasteiger partial charge >= 0.3 is 0 Å². The smallest absolute Gasteiger partial charge is 0.189 e. The predicted octanol–water partition coefficient (Wildman–Crippen LogP) is 6.37. The number of H-pyrrole nitrogens is 1. The number of nitrogens with zero attached hydrogens (tertiary/aromatic N) is 3. The normalized spacial score (nSPS) is 14.4. The number of aryl methyl sites for hydroxylation is 2. The van der Waals surface area contributed by atoms with E-state index in [4.69, 9.17) is 5.41 Å². The van der Waals surface area contributed by atoms with Crippen LogP contribution in [0.5, 0.6) is 0 Å². The van der Waals surface area contributed by atoms with Crippen molar-refractivity contribution >= 4 is 34.4 Å². The van der Waals surface area contributed by atoms with Crippen molar-refractivity contribution in [1.82, 2.24) is 20.3 Å². The quantitative estimate of drug-likeness (QED) is 0.327. The number of imidazole rings is 1. The number of pyridine rings is 1. The number of anilines is 1. The van der Waals surface area contributed by atoms with E-state index in [-0.39, 0.29) is 10.7 Å². The van der Waals surface area contributed by atoms with E-state index in [0.717, 1.165) is 44.0 Å². The molecule has 3 heterocycles. The monoisotopic (exact) mass is 528 g/mol. The largest absolute Gasteiger partial charge is 0.368 e. The van der Waals surface area contributed by atoms with Crippen LogP contribution < -0.4 is 10.2 Å². The lowest BCUT2D eigenvalue weighted by Crippen LogP contribution is -2.57. The fraction of sp³-hybridized carbons (Fsp3) is 0.586. The van der Waals surface area contributed by atoms with Crippen molar-refractivity contribution in [2.75, 3.05) is 30.3 Å². The summed E-state index contributed by atoms with van der Waals surface area (Å²) in [5.74, 6) is 1.16. The van der Waals surface area contributed by atoms with Gasteiger partial charge in [-0.3, -0.25) is 9.78 Å². The fourth-order valence-electron chi connectivity index (χ4n) is 3.97. The Morgan fingerprint density at radius 3 is 2.54 bits per heavy atom. The van der Waals surface area contributed by atoms with Crippen LogP contribution >= 0.6 is 11.8 Å². The summed E-state index contributed by atoms with van der Waals surface area (Å²) in [5, 5.41) is 11.4. The van der Waals surface area contributed by atoms with Crippen LogP contribution in [0.2, 0.25) is 0 Å². The summed E-state index contributed by atoms with van der Waals surface area (Å²) in [4.78, 5) is 25.4. The molecule has 7 nitrogen and oxygen atoms in total. The first-order chi connectivity index (χ1) is 17.6. The molecule has 2 aromatic heterocycles. The summed E-state index contributed by atoms with van der Waals surface area (Å²) in [7, 11) is 0. The van der Waals surface area contributed by atoms with Gasteiger partial charge in [-0.15, -0.1) is 0 Å². The van der Waals surface area contributed by atoms with Gasteiger partial charge < -0.3 is 20.6 Å². The molecule has 0 spiro atoms. The molecule has 8 heteroatoms. The summed E-state index contributed by atoms with van der Waals surface area (Å²) >= 11 is 1.20. The second-order valence-corrected chi connectivity index (χ2v) is 10.6. The second-order valence-electron chi connectivity index (χ2n) is 9.60. The Labute approximate surface area is 228 Å². The van der Waals surface area contributed by atoms with E-state index >= 15 is 0 Å². The minimum absolute atomic E-state index is 0.152. The van der Waals surface area contributed by atoms with Crippen molar-refractivity contribution in [2.45, 2.75) is 86.6 Å². The van der Waals surface area contributed by atoms with E-state index in [1.54, 1.807) is 18.3 Å². The van der Waals surface area contributed by atoms with Gasteiger partial charge in [0.1, 0.15) is 5.82 Å². The molecule has 3 rings (SSSR count). The highest BCUT2D eigenvalue weighted by Crippen LogP contribution is 2.26. The molecule has 3 N–H and O–H groups in total. The first kappa shape index (κ1) is 32.6. The summed E-state index contributed by atoms with van der Waals surface area (Å²) in [6.07, 6.45) is 10.8. The van der Waals surface area contributed by atoms with Crippen molar-refractivity contribution in [2.24, 2.45) is 0 Å². The van der Waals surface area contributed by atoms with E-state index in [1.807, 2.05) is 33.9 Å². The number of hydrogen-bond donors (Lipinski definition) is 3. The number of rotatable bonds is 9. The van der Waals surface area contributed by atoms with Crippen LogP contribution in [0.25, 0.3) is 6.08 Å². The van der Waals surface area contributed by atoms with Gasteiger partial charge in [0.2, 0.25) is 0 Å². The molecule has 0 radical (unpaired) electrons. The molecule has 0 aliphatic carbocycles. The zero-order chi connectivity index (χ0) is 27.8. The topological polar surface area (TPSA) is 97.8 Å². The lowest BCUT2D eigenvalue weighted by molar-refractivity contribution is -0.111. The number of thioether (sulfide) groups is 1. The zero-order valence-corrected chi connectivity index (χ0v) is 25.0. The van der Waals surface area contributed by atoms with Crippen molar-refractivity contribution in [3.05, 3.63) is 47.3 Å². The molecule has 0 aromatic carbocycles. The van der Waals surface area contributed by atoms with Crippen LogP contribution in [-0.2, 0) is 11.2 Å². The highest BCUT2D eigenvalue weighted by atomic mass is 32.2. The van der Waals surface area contributed by atoms with E-state index in [1.165, 1.54) is 35.1 Å². The minimum Gasteiger partial charge on any atom is -0.368 e. The third-order valence-corrected chi connectivity index (χ3v) is 6.65. The zero-order valence-electron chi connectivity index (χ0n) is 24.2. The van der Waals surface area contributed by atoms with Gasteiger partial charge in [0.15, 0.2) is 5.12 Å². The third kappa shape index (κ3) is 12.1. The Balaban J connectivity index is 0.000000348. The average molecular weight is 529 g/mol. The number of nitrogens with one attached hydrogen (secondary N) is 3. The van der Waals surface area contributed by atoms with Crippen LogP contribution in [0, 0.1) is 19.3 Å². The van der Waals surface area contributed by atoms with Gasteiger partial charge in [-0.05, 0) is 64.3 Å². The Morgan fingerprint density at radius 2 is 1.95 bits per heavy atom. The van der Waals surface area contributed by atoms with Crippen molar-refractivity contribution in [3.8, 4) is 0 Å². The molecule has 1 saturated heterocycles. The van der Waals surface area contributed by atoms with E-state index in [0.29, 0.717) is 17.9 Å². The molecule has 37 heavy (non-hydrogen) atoms. The Kier molecular flexibility index (Phi) is 15.1. The third-order valence-electron chi connectivity index (χ3n) is 5.67. The number of hydrogen-bond acceptors (Lipinski definition) is 7. The van der Waals surface area contributed by atoms with Gasteiger partial charge in [0, 0.05) is 72.5 Å². The Morgan fingerprint density at radius 1 is 1.22 bits per heavy atom. The maximum Gasteiger partial charge on any atom is 0.189 e. The second kappa shape index (κ2) is 17.1. The van der Waals surface area contributed by atoms with Gasteiger partial charge in [0.25, 0.3) is 0 Å². The lowest BCUT2D eigenvalue weighted by atomic mass is 9.99. The van der Waals surface area contributed by atoms with Gasteiger partial charge in [-0.2, -0.15) is 0 Å². The molecule has 206 valence electrons. The summed E-state index contributed by atoms with van der Waals surface area (Å²) < 4.78 is 0. The standard InChI is InChI=1S/C15H25N3.C12H17N3OS.C2H6/c1-5-6-13-12(2)16-8-7-14(13)18-10-9-17-15(3,4)11-18;1-3-4-12(16)17-8-10(13)5-6-11-14-7-9(2)15-11;1-2/h7-8,17H,5-6,9-11H2,1-4H3;5-7,13H,3-4,8H2,1-2H3,(H,14,15);1-2H3/b;6-5-,13-10?;. The van der Waals surface area contributed by atoms with Crippen molar-refractivity contribution in [3.63, 3.8) is 0 Å². The number of carbonyl (C=O) groups excluding carboxylic acids is 1. The molecule has 2 aromatic rings. The molecule has 0 saturated carbocycles. The Bertz CT molecular complexity index is 998. The van der Waals surface area contributed by atoms with Crippen molar-refractivity contribution in [1.29, 1.82) is 5.41 Å². The summed E-state index contributed by atoms with van der Waals surface area (Å²) in [6, 6.07) is 2.18. The van der Waals surface area contributed by atoms with Crippen LogP contribution in [0.4, 0.5) is 5.69 Å². The first-order valence-corrected chi connectivity index (χ1v) is 14.5. The molecule has 0 amide bonds. The Hall–Kier alpha value is -2.45. The van der Waals surface area contributed by atoms with Gasteiger partial charge in [-0.1, -0.05) is 45.9 Å². The molecular weight excluding hydrogens is 480 g/mol. The molecule has 0 atom stereocenters. The first-order valence-electron chi connectivity index (χ1n) is 13.5. The van der Waals surface area contributed by atoms with Crippen LogP contribution in [0.1, 0.15) is 83.6 Å². The molecule has 1 fully saturated rings. The highest BCUT2D eigenvalue weighted by Gasteiger charge is 2.27. The number of aromatic amines is 1. The van der Waals surface area contributed by atoms with Crippen molar-refractivity contribution < 1.29 is 4.79 Å². The van der Waals surface area contributed by atoms with E-state index in [2.05, 4.69) is 58.9 Å². The van der Waals surface area contributed by atoms with Crippen LogP contribution in [0.15, 0.2) is 24.5 Å². The van der Waals surface area contributed by atoms with Crippen LogP contribution in [-0.4, -0.2) is 56.7 Å². The van der Waals surface area contributed by atoms with Gasteiger partial charge in [-0.25, -0.2) is 4.98 Å². The number of aromatic nitrogens is 3. The molecule has 1 aliphatic heterocycles. The van der Waals surface area contributed by atoms with E-state index < -0.39 is 0 Å². The SMILES string of the molecule is CC.CCCC(=O)SCC(=N)/C=C\c1ncc(C)[nH]1.CCCc1c(N2CCNC(C)(C)C2)ccnc1C. The highest BCUT2D eigenvalue weighted by molar-refractivity contribution is 8.14. The number of carbonyl (C=O) groups is 1. The summed E-state index contributed by atoms with van der Waals surface area (Å²) in [5.41, 5.74) is 5.61. The molecule has 0 bridgehead atoms. The number of piperazine rings is 1. The lowest BCUT2D eigenvalue weighted by Gasteiger charge is -2.41. The molecular formula is C29H48N6OS. The minimum atomic E-state index is 0.152. The van der Waals surface area contributed by atoms with Crippen LogP contribution in [0.3, 0.4) is 0 Å². The average Bonchev–Trinajstić information content (AvgIpc) is 3.29. The number of allylic oxidation sites excluding steroid dienone is 1.